The number of nitrogens with zero attached hydrogens (tertiary/aromatic N) is 1. The highest BCUT2D eigenvalue weighted by Crippen LogP contribution is 2.19. The van der Waals surface area contributed by atoms with Gasteiger partial charge in [-0.1, -0.05) is 6.07 Å². The minimum atomic E-state index is -3.67. The highest BCUT2D eigenvalue weighted by Gasteiger charge is 2.25. The molecule has 1 amide bonds. The molecule has 0 aliphatic carbocycles. The summed E-state index contributed by atoms with van der Waals surface area (Å²) in [6, 6.07) is 4.66. The first-order valence-electron chi connectivity index (χ1n) is 7.62. The van der Waals surface area contributed by atoms with Crippen LogP contribution in [-0.2, 0) is 14.8 Å². The Kier molecular flexibility index (Phi) is 5.13. The number of morpholine rings is 1. The summed E-state index contributed by atoms with van der Waals surface area (Å²) in [6.07, 6.45) is 0. The maximum atomic E-state index is 12.6. The zero-order valence-corrected chi connectivity index (χ0v) is 14.9. The normalized spacial score (nSPS) is 16.4. The predicted molar refractivity (Wildman–Crippen MR) is 88.0 cm³/mol. The van der Waals surface area contributed by atoms with Gasteiger partial charge in [0, 0.05) is 24.2 Å². The number of ether oxygens (including phenoxy) is 1. The van der Waals surface area contributed by atoms with Gasteiger partial charge in [-0.15, -0.1) is 0 Å². The number of hydrogen-bond donors (Lipinski definition) is 1. The van der Waals surface area contributed by atoms with Crippen molar-refractivity contribution < 1.29 is 17.9 Å². The number of benzene rings is 1. The molecule has 2 rings (SSSR count). The Morgan fingerprint density at radius 2 is 1.83 bits per heavy atom. The summed E-state index contributed by atoms with van der Waals surface area (Å²) >= 11 is 0. The SMILES string of the molecule is Cc1ccc(S(=O)(=O)NC(C)(C)C)cc1C(=O)N1CCOCC1. The molecule has 0 aromatic heterocycles. The lowest BCUT2D eigenvalue weighted by Crippen LogP contribution is -2.41. The van der Waals surface area contributed by atoms with Gasteiger partial charge in [-0.05, 0) is 45.4 Å². The van der Waals surface area contributed by atoms with Crippen LogP contribution in [0, 0.1) is 6.92 Å². The largest absolute Gasteiger partial charge is 0.378 e. The number of aryl methyl sites for hydroxylation is 1. The average Bonchev–Trinajstić information content (AvgIpc) is 2.45. The number of nitrogens with one attached hydrogen (secondary N) is 1. The van der Waals surface area contributed by atoms with Gasteiger partial charge in [0.15, 0.2) is 0 Å². The number of hydrogen-bond acceptors (Lipinski definition) is 4. The molecule has 1 aliphatic heterocycles. The zero-order chi connectivity index (χ0) is 17.3. The molecule has 0 unspecified atom stereocenters. The minimum Gasteiger partial charge on any atom is -0.378 e. The zero-order valence-electron chi connectivity index (χ0n) is 14.0. The molecular formula is C16H24N2O4S. The van der Waals surface area contributed by atoms with Gasteiger partial charge in [0.2, 0.25) is 10.0 Å². The van der Waals surface area contributed by atoms with E-state index in [1.807, 2.05) is 0 Å². The fraction of sp³-hybridized carbons (Fsp3) is 0.562. The van der Waals surface area contributed by atoms with Crippen molar-refractivity contribution in [3.05, 3.63) is 29.3 Å². The van der Waals surface area contributed by atoms with Crippen molar-refractivity contribution in [1.82, 2.24) is 9.62 Å². The fourth-order valence-electron chi connectivity index (χ4n) is 2.40. The van der Waals surface area contributed by atoms with Gasteiger partial charge >= 0.3 is 0 Å². The molecule has 23 heavy (non-hydrogen) atoms. The van der Waals surface area contributed by atoms with Crippen molar-refractivity contribution in [1.29, 1.82) is 0 Å². The van der Waals surface area contributed by atoms with Crippen LogP contribution < -0.4 is 4.72 Å². The lowest BCUT2D eigenvalue weighted by molar-refractivity contribution is 0.0302. The van der Waals surface area contributed by atoms with Crippen LogP contribution in [0.2, 0.25) is 0 Å². The van der Waals surface area contributed by atoms with E-state index in [1.165, 1.54) is 12.1 Å². The Morgan fingerprint density at radius 3 is 2.39 bits per heavy atom. The van der Waals surface area contributed by atoms with Gasteiger partial charge < -0.3 is 9.64 Å². The highest BCUT2D eigenvalue weighted by atomic mass is 32.2. The smallest absolute Gasteiger partial charge is 0.254 e. The Bertz CT molecular complexity index is 687. The molecule has 0 spiro atoms. The van der Waals surface area contributed by atoms with E-state index < -0.39 is 15.6 Å². The summed E-state index contributed by atoms with van der Waals surface area (Å²) in [5.41, 5.74) is 0.595. The summed E-state index contributed by atoms with van der Waals surface area (Å²) in [4.78, 5) is 14.4. The molecule has 1 aromatic rings. The van der Waals surface area contributed by atoms with E-state index in [0.717, 1.165) is 5.56 Å². The van der Waals surface area contributed by atoms with E-state index in [1.54, 1.807) is 38.7 Å². The second kappa shape index (κ2) is 6.59. The molecular weight excluding hydrogens is 316 g/mol. The molecule has 7 heteroatoms. The second-order valence-corrected chi connectivity index (χ2v) is 8.42. The third-order valence-corrected chi connectivity index (χ3v) is 5.24. The topological polar surface area (TPSA) is 75.7 Å². The van der Waals surface area contributed by atoms with Crippen LogP contribution in [0.5, 0.6) is 0 Å². The number of rotatable bonds is 3. The summed E-state index contributed by atoms with van der Waals surface area (Å²) in [5, 5.41) is 0. The van der Waals surface area contributed by atoms with Crippen molar-refractivity contribution in [2.75, 3.05) is 26.3 Å². The third-order valence-electron chi connectivity index (χ3n) is 3.49. The number of sulfonamides is 1. The van der Waals surface area contributed by atoms with Gasteiger partial charge in [-0.3, -0.25) is 4.79 Å². The van der Waals surface area contributed by atoms with Gasteiger partial charge in [0.05, 0.1) is 18.1 Å². The first kappa shape index (κ1) is 17.9. The molecule has 1 heterocycles. The highest BCUT2D eigenvalue weighted by molar-refractivity contribution is 7.89. The van der Waals surface area contributed by atoms with Gasteiger partial charge in [0.25, 0.3) is 5.91 Å². The first-order valence-corrected chi connectivity index (χ1v) is 9.10. The van der Waals surface area contributed by atoms with Crippen LogP contribution in [0.25, 0.3) is 0 Å². The first-order chi connectivity index (χ1) is 10.6. The van der Waals surface area contributed by atoms with Crippen molar-refractivity contribution >= 4 is 15.9 Å². The molecule has 0 saturated carbocycles. The Hall–Kier alpha value is -1.44. The van der Waals surface area contributed by atoms with Crippen molar-refractivity contribution in [2.24, 2.45) is 0 Å². The molecule has 0 radical (unpaired) electrons. The van der Waals surface area contributed by atoms with Crippen molar-refractivity contribution in [2.45, 2.75) is 38.1 Å². The van der Waals surface area contributed by atoms with E-state index in [4.69, 9.17) is 4.74 Å². The minimum absolute atomic E-state index is 0.106. The molecule has 1 aromatic carbocycles. The molecule has 0 bridgehead atoms. The van der Waals surface area contributed by atoms with Crippen LogP contribution in [-0.4, -0.2) is 51.1 Å². The van der Waals surface area contributed by atoms with Gasteiger partial charge in [-0.25, -0.2) is 13.1 Å². The number of carbonyl (C=O) groups excluding carboxylic acids is 1. The maximum Gasteiger partial charge on any atom is 0.254 e. The maximum absolute atomic E-state index is 12.6. The lowest BCUT2D eigenvalue weighted by Gasteiger charge is -2.27. The second-order valence-electron chi connectivity index (χ2n) is 6.74. The molecule has 6 nitrogen and oxygen atoms in total. The van der Waals surface area contributed by atoms with Crippen molar-refractivity contribution in [3.63, 3.8) is 0 Å². The molecule has 1 fully saturated rings. The van der Waals surface area contributed by atoms with E-state index in [0.29, 0.717) is 31.9 Å². The van der Waals surface area contributed by atoms with E-state index in [9.17, 15) is 13.2 Å². The van der Waals surface area contributed by atoms with E-state index in [2.05, 4.69) is 4.72 Å². The molecule has 0 atom stereocenters. The summed E-state index contributed by atoms with van der Waals surface area (Å²) in [6.45, 7) is 9.20. The quantitative estimate of drug-likeness (QED) is 0.906. The van der Waals surface area contributed by atoms with Crippen LogP contribution in [0.1, 0.15) is 36.7 Å². The molecule has 1 saturated heterocycles. The summed E-state index contributed by atoms with van der Waals surface area (Å²) < 4.78 is 32.8. The van der Waals surface area contributed by atoms with E-state index in [-0.39, 0.29) is 10.8 Å². The Balaban J connectivity index is 2.33. The van der Waals surface area contributed by atoms with Gasteiger partial charge in [-0.2, -0.15) is 0 Å². The standard InChI is InChI=1S/C16H24N2O4S/c1-12-5-6-13(23(20,21)17-16(2,3)4)11-14(12)15(19)18-7-9-22-10-8-18/h5-6,11,17H,7-10H2,1-4H3. The van der Waals surface area contributed by atoms with E-state index >= 15 is 0 Å². The van der Waals surface area contributed by atoms with Crippen LogP contribution in [0.4, 0.5) is 0 Å². The van der Waals surface area contributed by atoms with Crippen LogP contribution >= 0.6 is 0 Å². The monoisotopic (exact) mass is 340 g/mol. The van der Waals surface area contributed by atoms with Gasteiger partial charge in [0.1, 0.15) is 0 Å². The number of carbonyl (C=O) groups is 1. The average molecular weight is 340 g/mol. The third kappa shape index (κ3) is 4.53. The summed E-state index contributed by atoms with van der Waals surface area (Å²) in [5.74, 6) is -0.154. The molecule has 1 aliphatic rings. The van der Waals surface area contributed by atoms with Crippen LogP contribution in [0.3, 0.4) is 0 Å². The molecule has 1 N–H and O–H groups in total. The fourth-order valence-corrected chi connectivity index (χ4v) is 3.84. The molecule has 128 valence electrons. The number of amides is 1. The predicted octanol–water partition coefficient (Wildman–Crippen LogP) is 1.54. The summed E-state index contributed by atoms with van der Waals surface area (Å²) in [7, 11) is -3.67. The Morgan fingerprint density at radius 1 is 1.22 bits per heavy atom. The lowest BCUT2D eigenvalue weighted by atomic mass is 10.1. The Labute approximate surface area is 137 Å². The van der Waals surface area contributed by atoms with Crippen molar-refractivity contribution in [3.8, 4) is 0 Å². The van der Waals surface area contributed by atoms with Crippen LogP contribution in [0.15, 0.2) is 23.1 Å².